The third-order valence-electron chi connectivity index (χ3n) is 2.69. The Morgan fingerprint density at radius 3 is 2.71 bits per heavy atom. The van der Waals surface area contributed by atoms with Crippen molar-refractivity contribution in [3.05, 3.63) is 41.5 Å². The topological polar surface area (TPSA) is 34.9 Å². The first kappa shape index (κ1) is 11.5. The number of aldehydes is 1. The van der Waals surface area contributed by atoms with Gasteiger partial charge in [0.15, 0.2) is 0 Å². The van der Waals surface area contributed by atoms with Crippen LogP contribution in [-0.4, -0.2) is 16.1 Å². The maximum Gasteiger partial charge on any atom is 0.150 e. The smallest absolute Gasteiger partial charge is 0.150 e. The molecule has 1 heterocycles. The number of benzene rings is 1. The van der Waals surface area contributed by atoms with Crippen LogP contribution < -0.4 is 0 Å². The van der Waals surface area contributed by atoms with Gasteiger partial charge in [-0.25, -0.2) is 4.39 Å². The lowest BCUT2D eigenvalue weighted by Gasteiger charge is -2.01. The Morgan fingerprint density at radius 2 is 2.18 bits per heavy atom. The van der Waals surface area contributed by atoms with Gasteiger partial charge in [0.05, 0.1) is 5.69 Å². The minimum atomic E-state index is -0.395. The summed E-state index contributed by atoms with van der Waals surface area (Å²) in [6, 6.07) is 4.46. The van der Waals surface area contributed by atoms with Crippen LogP contribution in [0.2, 0.25) is 0 Å². The van der Waals surface area contributed by atoms with E-state index in [1.54, 1.807) is 16.8 Å². The molecule has 0 aliphatic rings. The van der Waals surface area contributed by atoms with Gasteiger partial charge in [-0.3, -0.25) is 9.48 Å². The molecule has 0 spiro atoms. The molecule has 0 radical (unpaired) electrons. The first-order valence-electron chi connectivity index (χ1n) is 5.45. The second-order valence-electron chi connectivity index (χ2n) is 3.84. The first-order valence-corrected chi connectivity index (χ1v) is 5.45. The number of carbonyl (C=O) groups is 1. The Labute approximate surface area is 98.9 Å². The summed E-state index contributed by atoms with van der Waals surface area (Å²) in [4.78, 5) is 10.5. The van der Waals surface area contributed by atoms with E-state index in [2.05, 4.69) is 5.10 Å². The number of hydrogen-bond donors (Lipinski definition) is 0. The van der Waals surface area contributed by atoms with E-state index in [-0.39, 0.29) is 0 Å². The molecule has 0 N–H and O–H groups in total. The lowest BCUT2D eigenvalue weighted by Crippen LogP contribution is -1.93. The van der Waals surface area contributed by atoms with Crippen molar-refractivity contribution in [2.75, 3.05) is 0 Å². The zero-order valence-corrected chi connectivity index (χ0v) is 9.77. The number of hydrogen-bond acceptors (Lipinski definition) is 2. The van der Waals surface area contributed by atoms with Crippen LogP contribution in [0.4, 0.5) is 4.39 Å². The summed E-state index contributed by atoms with van der Waals surface area (Å²) < 4.78 is 15.6. The standard InChI is InChI=1S/C13H13FN2O/c1-3-16-7-12(9(2)15-16)11-5-4-10(8-17)6-13(11)14/h4-8H,3H2,1-2H3. The van der Waals surface area contributed by atoms with Crippen LogP contribution in [0.15, 0.2) is 24.4 Å². The van der Waals surface area contributed by atoms with Crippen LogP contribution in [-0.2, 0) is 6.54 Å². The van der Waals surface area contributed by atoms with Gasteiger partial charge in [-0.1, -0.05) is 12.1 Å². The molecule has 0 amide bonds. The molecular formula is C13H13FN2O. The average Bonchev–Trinajstić information content (AvgIpc) is 2.70. The van der Waals surface area contributed by atoms with E-state index in [1.807, 2.05) is 20.0 Å². The third kappa shape index (κ3) is 2.11. The van der Waals surface area contributed by atoms with Crippen molar-refractivity contribution < 1.29 is 9.18 Å². The van der Waals surface area contributed by atoms with Crippen LogP contribution in [0.3, 0.4) is 0 Å². The van der Waals surface area contributed by atoms with Crippen LogP contribution in [0.25, 0.3) is 11.1 Å². The molecule has 0 aliphatic carbocycles. The van der Waals surface area contributed by atoms with Gasteiger partial charge in [-0.15, -0.1) is 0 Å². The minimum absolute atomic E-state index is 0.340. The van der Waals surface area contributed by atoms with Crippen molar-refractivity contribution in [2.24, 2.45) is 0 Å². The number of aryl methyl sites for hydroxylation is 2. The maximum absolute atomic E-state index is 13.8. The molecule has 0 fully saturated rings. The average molecular weight is 232 g/mol. The first-order chi connectivity index (χ1) is 8.15. The predicted molar refractivity (Wildman–Crippen MR) is 63.4 cm³/mol. The third-order valence-corrected chi connectivity index (χ3v) is 2.69. The summed E-state index contributed by atoms with van der Waals surface area (Å²) in [5.41, 5.74) is 2.37. The van der Waals surface area contributed by atoms with E-state index in [0.29, 0.717) is 17.4 Å². The summed E-state index contributed by atoms with van der Waals surface area (Å²) in [7, 11) is 0. The Bertz CT molecular complexity index is 561. The van der Waals surface area contributed by atoms with E-state index in [1.165, 1.54) is 6.07 Å². The fourth-order valence-electron chi connectivity index (χ4n) is 1.77. The Kier molecular flexibility index (Phi) is 3.04. The zero-order chi connectivity index (χ0) is 12.4. The molecule has 4 heteroatoms. The Hall–Kier alpha value is -1.97. The number of nitrogens with zero attached hydrogens (tertiary/aromatic N) is 2. The molecule has 0 unspecified atom stereocenters. The SMILES string of the molecule is CCn1cc(-c2ccc(C=O)cc2F)c(C)n1. The normalized spacial score (nSPS) is 10.5. The number of aromatic nitrogens is 2. The van der Waals surface area contributed by atoms with Crippen molar-refractivity contribution in [3.8, 4) is 11.1 Å². The van der Waals surface area contributed by atoms with Gasteiger partial charge >= 0.3 is 0 Å². The summed E-state index contributed by atoms with van der Waals surface area (Å²) in [6.07, 6.45) is 2.45. The molecule has 1 aromatic carbocycles. The highest BCUT2D eigenvalue weighted by Crippen LogP contribution is 2.25. The van der Waals surface area contributed by atoms with Crippen LogP contribution >= 0.6 is 0 Å². The van der Waals surface area contributed by atoms with Gasteiger partial charge in [0, 0.05) is 29.4 Å². The van der Waals surface area contributed by atoms with Crippen LogP contribution in [0, 0.1) is 12.7 Å². The lowest BCUT2D eigenvalue weighted by atomic mass is 10.0. The number of halogens is 1. The van der Waals surface area contributed by atoms with Crippen molar-refractivity contribution in [3.63, 3.8) is 0 Å². The lowest BCUT2D eigenvalue weighted by molar-refractivity contribution is 0.112. The van der Waals surface area contributed by atoms with Crippen molar-refractivity contribution >= 4 is 6.29 Å². The van der Waals surface area contributed by atoms with Gasteiger partial charge in [0.1, 0.15) is 12.1 Å². The molecule has 0 aliphatic heterocycles. The highest BCUT2D eigenvalue weighted by molar-refractivity contribution is 5.77. The van der Waals surface area contributed by atoms with Crippen LogP contribution in [0.1, 0.15) is 23.0 Å². The largest absolute Gasteiger partial charge is 0.298 e. The summed E-state index contributed by atoms with van der Waals surface area (Å²) in [5.74, 6) is -0.395. The van der Waals surface area contributed by atoms with E-state index < -0.39 is 5.82 Å². The molecule has 0 bridgehead atoms. The Balaban J connectivity index is 2.52. The molecule has 0 saturated heterocycles. The predicted octanol–water partition coefficient (Wildman–Crippen LogP) is 2.83. The molecular weight excluding hydrogens is 219 g/mol. The van der Waals surface area contributed by atoms with E-state index >= 15 is 0 Å². The highest BCUT2D eigenvalue weighted by Gasteiger charge is 2.11. The van der Waals surface area contributed by atoms with Gasteiger partial charge in [-0.2, -0.15) is 5.10 Å². The molecule has 17 heavy (non-hydrogen) atoms. The molecule has 2 aromatic rings. The second-order valence-corrected chi connectivity index (χ2v) is 3.84. The van der Waals surface area contributed by atoms with E-state index in [9.17, 15) is 9.18 Å². The summed E-state index contributed by atoms with van der Waals surface area (Å²) in [6.45, 7) is 4.56. The molecule has 3 nitrogen and oxygen atoms in total. The monoisotopic (exact) mass is 232 g/mol. The fourth-order valence-corrected chi connectivity index (χ4v) is 1.77. The number of rotatable bonds is 3. The van der Waals surface area contributed by atoms with Gasteiger partial charge in [0.25, 0.3) is 0 Å². The molecule has 2 rings (SSSR count). The minimum Gasteiger partial charge on any atom is -0.298 e. The summed E-state index contributed by atoms with van der Waals surface area (Å²) >= 11 is 0. The van der Waals surface area contributed by atoms with Crippen LogP contribution in [0.5, 0.6) is 0 Å². The molecule has 88 valence electrons. The second kappa shape index (κ2) is 4.49. The maximum atomic E-state index is 13.8. The molecule has 1 aromatic heterocycles. The Morgan fingerprint density at radius 1 is 1.41 bits per heavy atom. The van der Waals surface area contributed by atoms with Crippen molar-refractivity contribution in [1.29, 1.82) is 0 Å². The fraction of sp³-hybridized carbons (Fsp3) is 0.231. The van der Waals surface area contributed by atoms with Gasteiger partial charge in [-0.05, 0) is 19.9 Å². The molecule has 0 atom stereocenters. The van der Waals surface area contributed by atoms with E-state index in [4.69, 9.17) is 0 Å². The quantitative estimate of drug-likeness (QED) is 0.763. The van der Waals surface area contributed by atoms with E-state index in [0.717, 1.165) is 17.8 Å². The van der Waals surface area contributed by atoms with Gasteiger partial charge in [0.2, 0.25) is 0 Å². The molecule has 0 saturated carbocycles. The number of carbonyl (C=O) groups excluding carboxylic acids is 1. The zero-order valence-electron chi connectivity index (χ0n) is 9.77. The highest BCUT2D eigenvalue weighted by atomic mass is 19.1. The van der Waals surface area contributed by atoms with Gasteiger partial charge < -0.3 is 0 Å². The summed E-state index contributed by atoms with van der Waals surface area (Å²) in [5, 5.41) is 4.27. The van der Waals surface area contributed by atoms with Crippen molar-refractivity contribution in [1.82, 2.24) is 9.78 Å². The van der Waals surface area contributed by atoms with Crippen molar-refractivity contribution in [2.45, 2.75) is 20.4 Å².